The van der Waals surface area contributed by atoms with Gasteiger partial charge in [0, 0.05) is 37.7 Å². The van der Waals surface area contributed by atoms with Crippen LogP contribution in [-0.4, -0.2) is 45.6 Å². The van der Waals surface area contributed by atoms with Gasteiger partial charge in [-0.2, -0.15) is 5.10 Å². The zero-order valence-corrected chi connectivity index (χ0v) is 21.4. The second kappa shape index (κ2) is 9.38. The summed E-state index contributed by atoms with van der Waals surface area (Å²) in [4.78, 5) is 8.49. The number of hydrogen-bond donors (Lipinski definition) is 2. The van der Waals surface area contributed by atoms with Crippen molar-refractivity contribution in [3.8, 4) is 11.3 Å². The molecule has 1 unspecified atom stereocenters. The number of imidazole rings is 1. The summed E-state index contributed by atoms with van der Waals surface area (Å²) in [6.45, 7) is 2.33. The molecule has 37 heavy (non-hydrogen) atoms. The van der Waals surface area contributed by atoms with Crippen LogP contribution in [0.5, 0.6) is 0 Å². The third kappa shape index (κ3) is 4.76. The minimum absolute atomic E-state index is 0.0164. The van der Waals surface area contributed by atoms with Crippen LogP contribution in [0.1, 0.15) is 43.3 Å². The number of benzene rings is 1. The highest BCUT2D eigenvalue weighted by atomic mass is 32.2. The number of fused-ring (bicyclic) bond motifs is 1. The molecular formula is C24H27F2N7O3S. The quantitative estimate of drug-likeness (QED) is 0.372. The van der Waals surface area contributed by atoms with E-state index in [1.807, 2.05) is 13.1 Å². The monoisotopic (exact) mass is 531 g/mol. The van der Waals surface area contributed by atoms with Gasteiger partial charge in [-0.1, -0.05) is 6.07 Å². The van der Waals surface area contributed by atoms with Crippen LogP contribution in [0, 0.1) is 6.92 Å². The maximum absolute atomic E-state index is 14.0. The standard InChI is InChI=1S/C24H27F2N7O3S/c1-13-12-32(2)31-20(13)14-7-8-15(17(10-14)37(3,34)35)28-16-11-18(27)29-23-21(16)30-24(22(25)26)33(23)19-6-4-5-9-36-19/h7-8,10-12,19,22H,4-6,9H2,1-3H3,(H3,27,28,29). The summed E-state index contributed by atoms with van der Waals surface area (Å²) in [5, 5.41) is 7.48. The number of nitrogens with zero attached hydrogens (tertiary/aromatic N) is 5. The summed E-state index contributed by atoms with van der Waals surface area (Å²) in [5.41, 5.74) is 9.01. The first kappa shape index (κ1) is 25.1. The van der Waals surface area contributed by atoms with Crippen molar-refractivity contribution in [3.05, 3.63) is 41.9 Å². The number of alkyl halides is 2. The first-order valence-electron chi connectivity index (χ1n) is 11.7. The number of ether oxygens (including phenoxy) is 1. The molecule has 1 aliphatic rings. The summed E-state index contributed by atoms with van der Waals surface area (Å²) in [7, 11) is -1.91. The zero-order chi connectivity index (χ0) is 26.5. The number of aromatic nitrogens is 5. The molecule has 3 aromatic heterocycles. The molecule has 0 bridgehead atoms. The molecule has 4 aromatic rings. The zero-order valence-electron chi connectivity index (χ0n) is 20.6. The van der Waals surface area contributed by atoms with Crippen LogP contribution in [0.2, 0.25) is 0 Å². The molecule has 5 rings (SSSR count). The minimum Gasteiger partial charge on any atom is -0.384 e. The number of halogens is 2. The van der Waals surface area contributed by atoms with Crippen LogP contribution in [0.25, 0.3) is 22.4 Å². The van der Waals surface area contributed by atoms with Gasteiger partial charge in [-0.25, -0.2) is 27.2 Å². The van der Waals surface area contributed by atoms with E-state index in [0.29, 0.717) is 24.3 Å². The molecule has 0 saturated carbocycles. The van der Waals surface area contributed by atoms with Crippen molar-refractivity contribution >= 4 is 38.2 Å². The highest BCUT2D eigenvalue weighted by Crippen LogP contribution is 2.37. The average molecular weight is 532 g/mol. The first-order chi connectivity index (χ1) is 17.5. The maximum Gasteiger partial charge on any atom is 0.295 e. The summed E-state index contributed by atoms with van der Waals surface area (Å²) in [6.07, 6.45) is 1.63. The number of hydrogen-bond acceptors (Lipinski definition) is 8. The number of aryl methyl sites for hydroxylation is 2. The molecule has 1 aromatic carbocycles. The molecule has 196 valence electrons. The van der Waals surface area contributed by atoms with Gasteiger partial charge < -0.3 is 15.8 Å². The average Bonchev–Trinajstić information content (AvgIpc) is 3.38. The second-order valence-corrected chi connectivity index (χ2v) is 11.2. The summed E-state index contributed by atoms with van der Waals surface area (Å²) >= 11 is 0. The number of anilines is 3. The van der Waals surface area contributed by atoms with Gasteiger partial charge in [-0.05, 0) is 43.9 Å². The van der Waals surface area contributed by atoms with E-state index in [1.54, 1.807) is 23.9 Å². The van der Waals surface area contributed by atoms with Gasteiger partial charge in [0.05, 0.1) is 22.0 Å². The predicted octanol–water partition coefficient (Wildman–Crippen LogP) is 4.51. The van der Waals surface area contributed by atoms with Crippen molar-refractivity contribution in [2.24, 2.45) is 7.05 Å². The molecule has 0 spiro atoms. The Labute approximate surface area is 212 Å². The van der Waals surface area contributed by atoms with Gasteiger partial charge in [-0.15, -0.1) is 0 Å². The minimum atomic E-state index is -3.70. The highest BCUT2D eigenvalue weighted by Gasteiger charge is 2.29. The van der Waals surface area contributed by atoms with Crippen molar-refractivity contribution in [1.82, 2.24) is 24.3 Å². The third-order valence-electron chi connectivity index (χ3n) is 6.27. The van der Waals surface area contributed by atoms with E-state index in [9.17, 15) is 17.2 Å². The first-order valence-corrected chi connectivity index (χ1v) is 13.6. The van der Waals surface area contributed by atoms with E-state index in [-0.39, 0.29) is 33.3 Å². The van der Waals surface area contributed by atoms with Crippen LogP contribution >= 0.6 is 0 Å². The van der Waals surface area contributed by atoms with Crippen molar-refractivity contribution in [2.75, 3.05) is 23.9 Å². The van der Waals surface area contributed by atoms with Gasteiger partial charge in [0.25, 0.3) is 6.43 Å². The van der Waals surface area contributed by atoms with Crippen molar-refractivity contribution in [1.29, 1.82) is 0 Å². The fourth-order valence-corrected chi connectivity index (χ4v) is 5.54. The summed E-state index contributed by atoms with van der Waals surface area (Å²) < 4.78 is 62.3. The predicted molar refractivity (Wildman–Crippen MR) is 136 cm³/mol. The van der Waals surface area contributed by atoms with Gasteiger partial charge >= 0.3 is 0 Å². The largest absolute Gasteiger partial charge is 0.384 e. The number of pyridine rings is 1. The third-order valence-corrected chi connectivity index (χ3v) is 7.41. The molecule has 1 aliphatic heterocycles. The Morgan fingerprint density at radius 3 is 2.59 bits per heavy atom. The Morgan fingerprint density at radius 2 is 1.97 bits per heavy atom. The Kier molecular flexibility index (Phi) is 6.36. The number of nitrogens with one attached hydrogen (secondary N) is 1. The summed E-state index contributed by atoms with van der Waals surface area (Å²) in [5.74, 6) is -0.415. The Hall–Kier alpha value is -3.58. The molecule has 1 saturated heterocycles. The normalized spacial score (nSPS) is 16.5. The molecule has 10 nitrogen and oxygen atoms in total. The van der Waals surface area contributed by atoms with Gasteiger partial charge in [0.15, 0.2) is 21.3 Å². The van der Waals surface area contributed by atoms with Crippen molar-refractivity contribution in [3.63, 3.8) is 0 Å². The summed E-state index contributed by atoms with van der Waals surface area (Å²) in [6, 6.07) is 6.33. The molecule has 3 N–H and O–H groups in total. The molecule has 4 heterocycles. The van der Waals surface area contributed by atoms with Crippen LogP contribution in [0.4, 0.5) is 26.0 Å². The molecule has 0 amide bonds. The number of nitrogens with two attached hydrogens (primary N) is 1. The number of rotatable bonds is 6. The molecule has 0 aliphatic carbocycles. The van der Waals surface area contributed by atoms with E-state index in [1.165, 1.54) is 16.7 Å². The van der Waals surface area contributed by atoms with Crippen LogP contribution < -0.4 is 11.1 Å². The van der Waals surface area contributed by atoms with E-state index >= 15 is 0 Å². The Morgan fingerprint density at radius 1 is 1.19 bits per heavy atom. The smallest absolute Gasteiger partial charge is 0.295 e. The van der Waals surface area contributed by atoms with E-state index in [2.05, 4.69) is 20.4 Å². The molecular weight excluding hydrogens is 504 g/mol. The van der Waals surface area contributed by atoms with Crippen LogP contribution in [0.15, 0.2) is 35.4 Å². The molecule has 1 atom stereocenters. The van der Waals surface area contributed by atoms with Crippen molar-refractivity contribution in [2.45, 2.75) is 43.7 Å². The van der Waals surface area contributed by atoms with Gasteiger partial charge in [-0.3, -0.25) is 9.25 Å². The Balaban J connectivity index is 1.64. The van der Waals surface area contributed by atoms with Gasteiger partial charge in [0.1, 0.15) is 17.6 Å². The fourth-order valence-electron chi connectivity index (χ4n) is 4.68. The lowest BCUT2D eigenvalue weighted by atomic mass is 10.1. The topological polar surface area (TPSA) is 130 Å². The molecule has 1 fully saturated rings. The highest BCUT2D eigenvalue weighted by molar-refractivity contribution is 7.90. The van der Waals surface area contributed by atoms with Gasteiger partial charge in [0.2, 0.25) is 0 Å². The Bertz CT molecular complexity index is 1590. The lowest BCUT2D eigenvalue weighted by Crippen LogP contribution is -2.20. The number of sulfone groups is 1. The van der Waals surface area contributed by atoms with E-state index in [4.69, 9.17) is 10.5 Å². The second-order valence-electron chi connectivity index (χ2n) is 9.17. The van der Waals surface area contributed by atoms with E-state index in [0.717, 1.165) is 24.7 Å². The maximum atomic E-state index is 14.0. The van der Waals surface area contributed by atoms with Crippen molar-refractivity contribution < 1.29 is 21.9 Å². The van der Waals surface area contributed by atoms with Crippen LogP contribution in [-0.2, 0) is 21.6 Å². The fraction of sp³-hybridized carbons (Fsp3) is 0.375. The van der Waals surface area contributed by atoms with E-state index < -0.39 is 28.3 Å². The molecule has 0 radical (unpaired) electrons. The SMILES string of the molecule is Cc1cn(C)nc1-c1ccc(Nc2cc(N)nc3c2nc(C(F)F)n3C2CCCCO2)c(S(C)(=O)=O)c1. The lowest BCUT2D eigenvalue weighted by Gasteiger charge is -2.25. The number of nitrogen functional groups attached to an aromatic ring is 1. The lowest BCUT2D eigenvalue weighted by molar-refractivity contribution is -0.0363. The van der Waals surface area contributed by atoms with Crippen LogP contribution in [0.3, 0.4) is 0 Å². The molecule has 13 heteroatoms.